The first-order valence-corrected chi connectivity index (χ1v) is 8.05. The zero-order valence-corrected chi connectivity index (χ0v) is 13.6. The van der Waals surface area contributed by atoms with Crippen molar-refractivity contribution in [1.29, 1.82) is 0 Å². The summed E-state index contributed by atoms with van der Waals surface area (Å²) in [6.07, 6.45) is 7.56. The van der Waals surface area contributed by atoms with Crippen LogP contribution in [0, 0.1) is 5.92 Å². The van der Waals surface area contributed by atoms with E-state index in [2.05, 4.69) is 18.7 Å². The fourth-order valence-electron chi connectivity index (χ4n) is 2.44. The van der Waals surface area contributed by atoms with Crippen molar-refractivity contribution in [2.75, 3.05) is 13.7 Å². The largest absolute Gasteiger partial charge is 0.469 e. The zero-order chi connectivity index (χ0) is 16.0. The lowest BCUT2D eigenvalue weighted by atomic mass is 9.93. The molecule has 0 aliphatic carbocycles. The number of methoxy groups -OCH3 is 1. The summed E-state index contributed by atoms with van der Waals surface area (Å²) in [7, 11) is 1.44. The van der Waals surface area contributed by atoms with Crippen LogP contribution in [0.4, 0.5) is 0 Å². The Morgan fingerprint density at radius 3 is 2.68 bits per heavy atom. The van der Waals surface area contributed by atoms with E-state index in [0.717, 1.165) is 38.7 Å². The van der Waals surface area contributed by atoms with Crippen LogP contribution in [0.5, 0.6) is 0 Å². The van der Waals surface area contributed by atoms with Crippen LogP contribution in [0.15, 0.2) is 43.0 Å². The van der Waals surface area contributed by atoms with Crippen LogP contribution in [-0.2, 0) is 20.9 Å². The Hall–Kier alpha value is -1.61. The first-order valence-electron chi connectivity index (χ1n) is 8.05. The minimum atomic E-state index is -0.125. The highest BCUT2D eigenvalue weighted by molar-refractivity contribution is 5.69. The SMILES string of the molecule is C=CC[C@@H](CCCCOCc1ccccc1)CCC(=O)OC. The summed E-state index contributed by atoms with van der Waals surface area (Å²) < 4.78 is 10.4. The molecule has 0 radical (unpaired) electrons. The van der Waals surface area contributed by atoms with Gasteiger partial charge in [-0.05, 0) is 30.7 Å². The van der Waals surface area contributed by atoms with E-state index in [1.165, 1.54) is 12.7 Å². The second kappa shape index (κ2) is 12.0. The molecule has 0 aliphatic heterocycles. The van der Waals surface area contributed by atoms with Crippen LogP contribution >= 0.6 is 0 Å². The molecule has 0 heterocycles. The second-order valence-electron chi connectivity index (χ2n) is 5.54. The van der Waals surface area contributed by atoms with Crippen molar-refractivity contribution in [1.82, 2.24) is 0 Å². The third-order valence-corrected chi connectivity index (χ3v) is 3.75. The molecule has 3 nitrogen and oxygen atoms in total. The predicted octanol–water partition coefficient (Wildman–Crippen LogP) is 4.52. The van der Waals surface area contributed by atoms with E-state index >= 15 is 0 Å². The molecule has 0 saturated heterocycles. The van der Waals surface area contributed by atoms with E-state index < -0.39 is 0 Å². The maximum atomic E-state index is 11.2. The minimum Gasteiger partial charge on any atom is -0.469 e. The molecule has 0 fully saturated rings. The van der Waals surface area contributed by atoms with Crippen molar-refractivity contribution in [2.45, 2.75) is 45.1 Å². The van der Waals surface area contributed by atoms with Gasteiger partial charge in [0, 0.05) is 13.0 Å². The molecule has 0 amide bonds. The highest BCUT2D eigenvalue weighted by Crippen LogP contribution is 2.19. The molecule has 0 spiro atoms. The van der Waals surface area contributed by atoms with Gasteiger partial charge in [0.05, 0.1) is 13.7 Å². The smallest absolute Gasteiger partial charge is 0.305 e. The summed E-state index contributed by atoms with van der Waals surface area (Å²) in [5.74, 6) is 0.394. The second-order valence-corrected chi connectivity index (χ2v) is 5.54. The maximum absolute atomic E-state index is 11.2. The van der Waals surface area contributed by atoms with Gasteiger partial charge in [0.25, 0.3) is 0 Å². The normalized spacial score (nSPS) is 11.9. The molecule has 0 N–H and O–H groups in total. The molecule has 22 heavy (non-hydrogen) atoms. The molecule has 0 aliphatic rings. The summed E-state index contributed by atoms with van der Waals surface area (Å²) in [5, 5.41) is 0. The van der Waals surface area contributed by atoms with Crippen LogP contribution in [0.25, 0.3) is 0 Å². The van der Waals surface area contributed by atoms with Gasteiger partial charge in [0.1, 0.15) is 0 Å². The predicted molar refractivity (Wildman–Crippen MR) is 89.5 cm³/mol. The van der Waals surface area contributed by atoms with Crippen LogP contribution in [0.2, 0.25) is 0 Å². The first-order chi connectivity index (χ1) is 10.8. The van der Waals surface area contributed by atoms with Crippen LogP contribution in [-0.4, -0.2) is 19.7 Å². The molecule has 0 saturated carbocycles. The molecular weight excluding hydrogens is 276 g/mol. The third kappa shape index (κ3) is 8.63. The number of carbonyl (C=O) groups excluding carboxylic acids is 1. The van der Waals surface area contributed by atoms with Crippen molar-refractivity contribution < 1.29 is 14.3 Å². The number of rotatable bonds is 12. The number of allylic oxidation sites excluding steroid dienone is 1. The number of benzene rings is 1. The van der Waals surface area contributed by atoms with Crippen LogP contribution in [0.1, 0.15) is 44.1 Å². The monoisotopic (exact) mass is 304 g/mol. The Morgan fingerprint density at radius 2 is 2.00 bits per heavy atom. The minimum absolute atomic E-state index is 0.125. The quantitative estimate of drug-likeness (QED) is 0.323. The number of hydrogen-bond donors (Lipinski definition) is 0. The van der Waals surface area contributed by atoms with Crippen molar-refractivity contribution in [2.24, 2.45) is 5.92 Å². The van der Waals surface area contributed by atoms with Gasteiger partial charge in [0.2, 0.25) is 0 Å². The Morgan fingerprint density at radius 1 is 1.23 bits per heavy atom. The van der Waals surface area contributed by atoms with Crippen LogP contribution in [0.3, 0.4) is 0 Å². The van der Waals surface area contributed by atoms with Gasteiger partial charge in [-0.15, -0.1) is 6.58 Å². The van der Waals surface area contributed by atoms with Gasteiger partial charge in [-0.2, -0.15) is 0 Å². The molecule has 1 rings (SSSR count). The Bertz CT molecular complexity index is 414. The highest BCUT2D eigenvalue weighted by Gasteiger charge is 2.10. The number of esters is 1. The summed E-state index contributed by atoms with van der Waals surface area (Å²) in [6, 6.07) is 10.2. The number of ether oxygens (including phenoxy) is 2. The lowest BCUT2D eigenvalue weighted by Gasteiger charge is -2.14. The summed E-state index contributed by atoms with van der Waals surface area (Å²) in [5.41, 5.74) is 1.21. The van der Waals surface area contributed by atoms with Gasteiger partial charge < -0.3 is 9.47 Å². The van der Waals surface area contributed by atoms with E-state index in [9.17, 15) is 4.79 Å². The van der Waals surface area contributed by atoms with Gasteiger partial charge in [-0.1, -0.05) is 49.2 Å². The van der Waals surface area contributed by atoms with Gasteiger partial charge in [-0.3, -0.25) is 4.79 Å². The fraction of sp³-hybridized carbons (Fsp3) is 0.526. The van der Waals surface area contributed by atoms with E-state index in [1.54, 1.807) is 0 Å². The average molecular weight is 304 g/mol. The first kappa shape index (κ1) is 18.4. The molecule has 1 aromatic carbocycles. The molecule has 1 aromatic rings. The molecule has 0 aromatic heterocycles. The molecule has 3 heteroatoms. The standard InChI is InChI=1S/C19H28O3/c1-3-9-17(13-14-19(20)21-2)10-7-8-15-22-16-18-11-5-4-6-12-18/h3-6,11-12,17H,1,7-10,13-16H2,2H3/t17-/m0/s1. The third-order valence-electron chi connectivity index (χ3n) is 3.75. The molecule has 0 bridgehead atoms. The van der Waals surface area contributed by atoms with Gasteiger partial charge in [0.15, 0.2) is 0 Å². The van der Waals surface area contributed by atoms with Crippen LogP contribution < -0.4 is 0 Å². The highest BCUT2D eigenvalue weighted by atomic mass is 16.5. The number of carbonyl (C=O) groups is 1. The molecular formula is C19H28O3. The summed E-state index contributed by atoms with van der Waals surface area (Å²) in [6.45, 7) is 5.26. The van der Waals surface area contributed by atoms with Gasteiger partial charge >= 0.3 is 5.97 Å². The van der Waals surface area contributed by atoms with E-state index in [-0.39, 0.29) is 5.97 Å². The lowest BCUT2D eigenvalue weighted by Crippen LogP contribution is -2.06. The zero-order valence-electron chi connectivity index (χ0n) is 13.6. The van der Waals surface area contributed by atoms with Crippen molar-refractivity contribution in [3.8, 4) is 0 Å². The van der Waals surface area contributed by atoms with Crippen molar-refractivity contribution >= 4 is 5.97 Å². The fourth-order valence-corrected chi connectivity index (χ4v) is 2.44. The van der Waals surface area contributed by atoms with E-state index in [1.807, 2.05) is 24.3 Å². The van der Waals surface area contributed by atoms with E-state index in [0.29, 0.717) is 18.9 Å². The average Bonchev–Trinajstić information content (AvgIpc) is 2.56. The number of hydrogen-bond acceptors (Lipinski definition) is 3. The van der Waals surface area contributed by atoms with Crippen molar-refractivity contribution in [3.63, 3.8) is 0 Å². The number of unbranched alkanes of at least 4 members (excludes halogenated alkanes) is 1. The Balaban J connectivity index is 2.09. The molecule has 122 valence electrons. The maximum Gasteiger partial charge on any atom is 0.305 e. The lowest BCUT2D eigenvalue weighted by molar-refractivity contribution is -0.140. The summed E-state index contributed by atoms with van der Waals surface area (Å²) in [4.78, 5) is 11.2. The van der Waals surface area contributed by atoms with Gasteiger partial charge in [-0.25, -0.2) is 0 Å². The van der Waals surface area contributed by atoms with E-state index in [4.69, 9.17) is 9.47 Å². The summed E-state index contributed by atoms with van der Waals surface area (Å²) >= 11 is 0. The molecule has 1 atom stereocenters. The Labute approximate surface area is 134 Å². The molecule has 0 unspecified atom stereocenters. The topological polar surface area (TPSA) is 35.5 Å². The Kier molecular flexibility index (Phi) is 10.0. The van der Waals surface area contributed by atoms with Crippen molar-refractivity contribution in [3.05, 3.63) is 48.6 Å².